The number of rotatable bonds is 4. The highest BCUT2D eigenvalue weighted by molar-refractivity contribution is 6.17. The van der Waals surface area contributed by atoms with Crippen LogP contribution in [0.3, 0.4) is 0 Å². The number of anilines is 1. The molecule has 3 nitrogen and oxygen atoms in total. The van der Waals surface area contributed by atoms with Gasteiger partial charge in [0.1, 0.15) is 5.82 Å². The van der Waals surface area contributed by atoms with Crippen molar-refractivity contribution < 1.29 is 0 Å². The van der Waals surface area contributed by atoms with Crippen LogP contribution < -0.4 is 4.90 Å². The van der Waals surface area contributed by atoms with E-state index in [-0.39, 0.29) is 0 Å². The minimum Gasteiger partial charge on any atom is -0.354 e. The maximum absolute atomic E-state index is 5.99. The Kier molecular flexibility index (Phi) is 3.94. The van der Waals surface area contributed by atoms with Crippen LogP contribution in [-0.2, 0) is 12.3 Å². The molecule has 0 aromatic carbocycles. The summed E-state index contributed by atoms with van der Waals surface area (Å²) in [6.07, 6.45) is 3.78. The number of alkyl halides is 1. The van der Waals surface area contributed by atoms with E-state index in [1.807, 2.05) is 0 Å². The molecule has 0 radical (unpaired) electrons. The molecule has 19 heavy (non-hydrogen) atoms. The monoisotopic (exact) mass is 279 g/mol. The molecule has 2 aliphatic rings. The first-order valence-corrected chi connectivity index (χ1v) is 7.88. The van der Waals surface area contributed by atoms with Gasteiger partial charge in [-0.2, -0.15) is 0 Å². The predicted octanol–water partition coefficient (Wildman–Crippen LogP) is 2.67. The molecule has 1 aromatic heterocycles. The molecule has 2 heterocycles. The second-order valence-electron chi connectivity index (χ2n) is 5.57. The summed E-state index contributed by atoms with van der Waals surface area (Å²) in [4.78, 5) is 9.80. The molecule has 4 heteroatoms. The number of hydrogen-bond donors (Lipinski definition) is 0. The van der Waals surface area contributed by atoms with Gasteiger partial charge in [0.25, 0.3) is 0 Å². The molecule has 0 bridgehead atoms. The van der Waals surface area contributed by atoms with Crippen molar-refractivity contribution in [2.75, 3.05) is 31.1 Å². The highest BCUT2D eigenvalue weighted by atomic mass is 35.5. The summed E-state index contributed by atoms with van der Waals surface area (Å²) in [5.74, 6) is 1.69. The van der Waals surface area contributed by atoms with Crippen molar-refractivity contribution in [3.63, 3.8) is 0 Å². The lowest BCUT2D eigenvalue weighted by Gasteiger charge is -2.35. The molecule has 1 aromatic rings. The topological polar surface area (TPSA) is 19.4 Å². The van der Waals surface area contributed by atoms with Gasteiger partial charge in [-0.25, -0.2) is 4.98 Å². The molecular formula is C15H22ClN3. The number of aryl methyl sites for hydroxylation is 1. The second kappa shape index (κ2) is 5.68. The SMILES string of the molecule is CCc1cc(CCl)cc(N2CCN(C3CC3)CC2)n1. The zero-order chi connectivity index (χ0) is 13.2. The summed E-state index contributed by atoms with van der Waals surface area (Å²) < 4.78 is 0. The van der Waals surface area contributed by atoms with Gasteiger partial charge in [0.2, 0.25) is 0 Å². The van der Waals surface area contributed by atoms with Gasteiger partial charge in [-0.1, -0.05) is 6.92 Å². The summed E-state index contributed by atoms with van der Waals surface area (Å²) in [5.41, 5.74) is 2.34. The molecule has 1 aliphatic heterocycles. The van der Waals surface area contributed by atoms with E-state index in [1.54, 1.807) is 0 Å². The Morgan fingerprint density at radius 3 is 2.53 bits per heavy atom. The zero-order valence-electron chi connectivity index (χ0n) is 11.6. The van der Waals surface area contributed by atoms with Crippen LogP contribution in [0, 0.1) is 0 Å². The molecule has 0 amide bonds. The number of halogens is 1. The van der Waals surface area contributed by atoms with Crippen LogP contribution in [-0.4, -0.2) is 42.1 Å². The van der Waals surface area contributed by atoms with Crippen molar-refractivity contribution in [1.82, 2.24) is 9.88 Å². The normalized spacial score (nSPS) is 20.8. The number of aromatic nitrogens is 1. The first-order chi connectivity index (χ1) is 9.30. The standard InChI is InChI=1S/C15H22ClN3/c1-2-13-9-12(11-16)10-15(17-13)19-7-5-18(6-8-19)14-3-4-14/h9-10,14H,2-8,11H2,1H3. The maximum atomic E-state index is 5.99. The minimum absolute atomic E-state index is 0.574. The van der Waals surface area contributed by atoms with Gasteiger partial charge in [0, 0.05) is 43.8 Å². The van der Waals surface area contributed by atoms with E-state index in [2.05, 4.69) is 28.9 Å². The molecule has 0 unspecified atom stereocenters. The largest absolute Gasteiger partial charge is 0.354 e. The Hall–Kier alpha value is -0.800. The first-order valence-electron chi connectivity index (χ1n) is 7.35. The maximum Gasteiger partial charge on any atom is 0.129 e. The number of hydrogen-bond acceptors (Lipinski definition) is 3. The van der Waals surface area contributed by atoms with Crippen LogP contribution in [0.15, 0.2) is 12.1 Å². The molecule has 1 aliphatic carbocycles. The summed E-state index contributed by atoms with van der Waals surface area (Å²) in [6, 6.07) is 5.16. The summed E-state index contributed by atoms with van der Waals surface area (Å²) in [7, 11) is 0. The second-order valence-corrected chi connectivity index (χ2v) is 5.83. The van der Waals surface area contributed by atoms with Crippen molar-refractivity contribution in [2.45, 2.75) is 38.1 Å². The van der Waals surface area contributed by atoms with E-state index in [4.69, 9.17) is 16.6 Å². The average molecular weight is 280 g/mol. The molecule has 1 saturated carbocycles. The molecule has 0 spiro atoms. The third-order valence-corrected chi connectivity index (χ3v) is 4.45. The molecule has 2 fully saturated rings. The van der Waals surface area contributed by atoms with Gasteiger partial charge in [0.15, 0.2) is 0 Å². The molecule has 0 N–H and O–H groups in total. The van der Waals surface area contributed by atoms with Crippen molar-refractivity contribution in [1.29, 1.82) is 0 Å². The van der Waals surface area contributed by atoms with Gasteiger partial charge in [-0.3, -0.25) is 4.90 Å². The Morgan fingerprint density at radius 1 is 1.21 bits per heavy atom. The predicted molar refractivity (Wildman–Crippen MR) is 80.0 cm³/mol. The van der Waals surface area contributed by atoms with Crippen LogP contribution in [0.4, 0.5) is 5.82 Å². The van der Waals surface area contributed by atoms with E-state index in [1.165, 1.54) is 31.5 Å². The van der Waals surface area contributed by atoms with Crippen molar-refractivity contribution in [2.24, 2.45) is 0 Å². The smallest absolute Gasteiger partial charge is 0.129 e. The molecule has 104 valence electrons. The lowest BCUT2D eigenvalue weighted by Crippen LogP contribution is -2.47. The summed E-state index contributed by atoms with van der Waals surface area (Å²) >= 11 is 5.99. The third-order valence-electron chi connectivity index (χ3n) is 4.14. The minimum atomic E-state index is 0.574. The fraction of sp³-hybridized carbons (Fsp3) is 0.667. The van der Waals surface area contributed by atoms with Gasteiger partial charge in [-0.15, -0.1) is 11.6 Å². The highest BCUT2D eigenvalue weighted by Gasteiger charge is 2.31. The van der Waals surface area contributed by atoms with E-state index in [0.29, 0.717) is 5.88 Å². The fourth-order valence-electron chi connectivity index (χ4n) is 2.81. The Labute approximate surface area is 120 Å². The van der Waals surface area contributed by atoms with Crippen LogP contribution in [0.2, 0.25) is 0 Å². The third kappa shape index (κ3) is 3.03. The van der Waals surface area contributed by atoms with E-state index >= 15 is 0 Å². The van der Waals surface area contributed by atoms with E-state index in [9.17, 15) is 0 Å². The number of pyridine rings is 1. The van der Waals surface area contributed by atoms with Crippen molar-refractivity contribution >= 4 is 17.4 Å². The summed E-state index contributed by atoms with van der Waals surface area (Å²) in [5, 5.41) is 0. The van der Waals surface area contributed by atoms with Gasteiger partial charge >= 0.3 is 0 Å². The molecule has 1 saturated heterocycles. The van der Waals surface area contributed by atoms with Crippen molar-refractivity contribution in [3.8, 4) is 0 Å². The summed E-state index contributed by atoms with van der Waals surface area (Å²) in [6.45, 7) is 6.70. The fourth-order valence-corrected chi connectivity index (χ4v) is 2.96. The van der Waals surface area contributed by atoms with Gasteiger partial charge < -0.3 is 4.90 Å². The van der Waals surface area contributed by atoms with Crippen LogP contribution in [0.1, 0.15) is 31.0 Å². The average Bonchev–Trinajstić information content (AvgIpc) is 3.31. The lowest BCUT2D eigenvalue weighted by molar-refractivity contribution is 0.247. The molecule has 3 rings (SSSR count). The molecule has 0 atom stereocenters. The van der Waals surface area contributed by atoms with E-state index in [0.717, 1.165) is 37.1 Å². The number of piperazine rings is 1. The Bertz CT molecular complexity index is 415. The lowest BCUT2D eigenvalue weighted by atomic mass is 10.2. The van der Waals surface area contributed by atoms with Gasteiger partial charge in [-0.05, 0) is 37.0 Å². The number of nitrogens with zero attached hydrogens (tertiary/aromatic N) is 3. The highest BCUT2D eigenvalue weighted by Crippen LogP contribution is 2.28. The Balaban J connectivity index is 1.71. The van der Waals surface area contributed by atoms with Gasteiger partial charge in [0.05, 0.1) is 0 Å². The zero-order valence-corrected chi connectivity index (χ0v) is 12.4. The quantitative estimate of drug-likeness (QED) is 0.790. The Morgan fingerprint density at radius 2 is 1.95 bits per heavy atom. The van der Waals surface area contributed by atoms with Crippen molar-refractivity contribution in [3.05, 3.63) is 23.4 Å². The molecular weight excluding hydrogens is 258 g/mol. The van der Waals surface area contributed by atoms with Crippen LogP contribution in [0.5, 0.6) is 0 Å². The van der Waals surface area contributed by atoms with E-state index < -0.39 is 0 Å². The van der Waals surface area contributed by atoms with Crippen LogP contribution in [0.25, 0.3) is 0 Å². The first kappa shape index (κ1) is 13.2. The van der Waals surface area contributed by atoms with Crippen LogP contribution >= 0.6 is 11.6 Å².